The maximum Gasteiger partial charge on any atom is 0.229 e. The summed E-state index contributed by atoms with van der Waals surface area (Å²) in [7, 11) is 0. The van der Waals surface area contributed by atoms with Crippen molar-refractivity contribution in [3.8, 4) is 0 Å². The number of aryl methyl sites for hydroxylation is 2. The Hall–Kier alpha value is -2.40. The highest BCUT2D eigenvalue weighted by Crippen LogP contribution is 2.33. The fourth-order valence-corrected chi connectivity index (χ4v) is 3.44. The monoisotopic (exact) mass is 394 g/mol. The Morgan fingerprint density at radius 3 is 2.68 bits per heavy atom. The number of aromatic nitrogens is 2. The van der Waals surface area contributed by atoms with E-state index in [1.54, 1.807) is 0 Å². The first-order valence-corrected chi connectivity index (χ1v) is 9.22. The van der Waals surface area contributed by atoms with Gasteiger partial charge in [0.2, 0.25) is 5.95 Å². The molecule has 126 valence electrons. The Labute approximate surface area is 156 Å². The van der Waals surface area contributed by atoms with Gasteiger partial charge >= 0.3 is 0 Å². The van der Waals surface area contributed by atoms with Crippen molar-refractivity contribution in [1.29, 1.82) is 0 Å². The molecule has 1 aliphatic heterocycles. The molecule has 4 nitrogen and oxygen atoms in total. The summed E-state index contributed by atoms with van der Waals surface area (Å²) < 4.78 is 1.05. The Bertz CT molecular complexity index is 892. The van der Waals surface area contributed by atoms with Gasteiger partial charge in [-0.1, -0.05) is 34.1 Å². The molecule has 0 unspecified atom stereocenters. The molecule has 0 atom stereocenters. The normalized spacial score (nSPS) is 13.4. The molecule has 2 aromatic carbocycles. The Kier molecular flexibility index (Phi) is 4.40. The number of fused-ring (bicyclic) bond motifs is 1. The predicted molar refractivity (Wildman–Crippen MR) is 106 cm³/mol. The quantitative estimate of drug-likeness (QED) is 0.647. The molecule has 4 rings (SSSR count). The molecule has 0 aliphatic carbocycles. The lowest BCUT2D eigenvalue weighted by Crippen LogP contribution is -2.25. The third-order valence-corrected chi connectivity index (χ3v) is 4.86. The second-order valence-electron chi connectivity index (χ2n) is 6.21. The van der Waals surface area contributed by atoms with E-state index in [0.717, 1.165) is 41.1 Å². The summed E-state index contributed by atoms with van der Waals surface area (Å²) in [5.41, 5.74) is 4.56. The van der Waals surface area contributed by atoms with Gasteiger partial charge in [-0.15, -0.1) is 0 Å². The van der Waals surface area contributed by atoms with Crippen molar-refractivity contribution in [2.75, 3.05) is 16.8 Å². The van der Waals surface area contributed by atoms with Gasteiger partial charge in [0.1, 0.15) is 5.82 Å². The highest BCUT2D eigenvalue weighted by Gasteiger charge is 2.19. The summed E-state index contributed by atoms with van der Waals surface area (Å²) >= 11 is 3.46. The van der Waals surface area contributed by atoms with E-state index in [9.17, 15) is 0 Å². The molecule has 0 amide bonds. The van der Waals surface area contributed by atoms with E-state index in [1.807, 2.05) is 31.2 Å². The van der Waals surface area contributed by atoms with Crippen molar-refractivity contribution >= 4 is 39.1 Å². The van der Waals surface area contributed by atoms with Crippen molar-refractivity contribution < 1.29 is 0 Å². The van der Waals surface area contributed by atoms with E-state index in [4.69, 9.17) is 4.98 Å². The number of nitrogens with one attached hydrogen (secondary N) is 1. The van der Waals surface area contributed by atoms with Gasteiger partial charge in [0.25, 0.3) is 0 Å². The first-order valence-electron chi connectivity index (χ1n) is 8.43. The van der Waals surface area contributed by atoms with Crippen LogP contribution in [0.15, 0.2) is 59.1 Å². The van der Waals surface area contributed by atoms with Gasteiger partial charge < -0.3 is 10.2 Å². The molecular weight excluding hydrogens is 376 g/mol. The summed E-state index contributed by atoms with van der Waals surface area (Å²) in [6.45, 7) is 2.99. The molecule has 0 radical (unpaired) electrons. The second kappa shape index (κ2) is 6.84. The molecule has 1 aliphatic rings. The van der Waals surface area contributed by atoms with Crippen molar-refractivity contribution in [2.24, 2.45) is 0 Å². The van der Waals surface area contributed by atoms with Crippen LogP contribution in [0.5, 0.6) is 0 Å². The highest BCUT2D eigenvalue weighted by atomic mass is 79.9. The van der Waals surface area contributed by atoms with Crippen molar-refractivity contribution in [3.05, 3.63) is 70.3 Å². The zero-order chi connectivity index (χ0) is 17.2. The molecule has 0 saturated heterocycles. The molecule has 0 spiro atoms. The molecular formula is C20H19BrN4. The standard InChI is InChI=1S/C20H19BrN4/c1-14-13-19(25-12-4-6-15-5-2-3-7-18(15)25)24-20(22-14)23-17-10-8-16(21)9-11-17/h2-3,5,7-11,13H,4,6,12H2,1H3,(H,22,23,24). The minimum absolute atomic E-state index is 0.625. The molecule has 0 bridgehead atoms. The van der Waals surface area contributed by atoms with E-state index >= 15 is 0 Å². The van der Waals surface area contributed by atoms with Crippen LogP contribution in [-0.4, -0.2) is 16.5 Å². The third kappa shape index (κ3) is 3.51. The van der Waals surface area contributed by atoms with Gasteiger partial charge in [-0.05, 0) is 55.7 Å². The number of benzene rings is 2. The lowest BCUT2D eigenvalue weighted by molar-refractivity contribution is 0.758. The van der Waals surface area contributed by atoms with Crippen molar-refractivity contribution in [2.45, 2.75) is 19.8 Å². The average molecular weight is 395 g/mol. The highest BCUT2D eigenvalue weighted by molar-refractivity contribution is 9.10. The number of nitrogens with zero attached hydrogens (tertiary/aromatic N) is 3. The zero-order valence-electron chi connectivity index (χ0n) is 14.0. The van der Waals surface area contributed by atoms with Crippen LogP contribution in [-0.2, 0) is 6.42 Å². The van der Waals surface area contributed by atoms with Crippen LogP contribution < -0.4 is 10.2 Å². The van der Waals surface area contributed by atoms with E-state index < -0.39 is 0 Å². The van der Waals surface area contributed by atoms with Gasteiger partial charge in [0.15, 0.2) is 0 Å². The number of para-hydroxylation sites is 1. The third-order valence-electron chi connectivity index (χ3n) is 4.33. The zero-order valence-corrected chi connectivity index (χ0v) is 15.6. The fraction of sp³-hybridized carbons (Fsp3) is 0.200. The lowest BCUT2D eigenvalue weighted by atomic mass is 10.0. The SMILES string of the molecule is Cc1cc(N2CCCc3ccccc32)nc(Nc2ccc(Br)cc2)n1. The maximum absolute atomic E-state index is 4.77. The van der Waals surface area contributed by atoms with Crippen molar-refractivity contribution in [1.82, 2.24) is 9.97 Å². The van der Waals surface area contributed by atoms with Gasteiger partial charge in [0, 0.05) is 34.2 Å². The molecule has 3 aromatic rings. The number of hydrogen-bond donors (Lipinski definition) is 1. The van der Waals surface area contributed by atoms with Gasteiger partial charge in [-0.25, -0.2) is 4.98 Å². The van der Waals surface area contributed by atoms with E-state index in [0.29, 0.717) is 5.95 Å². The minimum atomic E-state index is 0.625. The van der Waals surface area contributed by atoms with Gasteiger partial charge in [-0.3, -0.25) is 0 Å². The molecule has 25 heavy (non-hydrogen) atoms. The predicted octanol–water partition coefficient (Wildman–Crippen LogP) is 5.38. The van der Waals surface area contributed by atoms with Crippen molar-refractivity contribution in [3.63, 3.8) is 0 Å². The second-order valence-corrected chi connectivity index (χ2v) is 7.12. The van der Waals surface area contributed by atoms with Crippen LogP contribution in [0.1, 0.15) is 17.7 Å². The number of rotatable bonds is 3. The largest absolute Gasteiger partial charge is 0.326 e. The van der Waals surface area contributed by atoms with Crippen LogP contribution in [0.4, 0.5) is 23.1 Å². The molecule has 0 fully saturated rings. The van der Waals surface area contributed by atoms with Gasteiger partial charge in [0.05, 0.1) is 0 Å². The van der Waals surface area contributed by atoms with E-state index in [1.165, 1.54) is 11.3 Å². The van der Waals surface area contributed by atoms with E-state index in [2.05, 4.69) is 61.5 Å². The van der Waals surface area contributed by atoms with E-state index in [-0.39, 0.29) is 0 Å². The number of anilines is 4. The minimum Gasteiger partial charge on any atom is -0.326 e. The summed E-state index contributed by atoms with van der Waals surface area (Å²) in [6, 6.07) is 18.6. The topological polar surface area (TPSA) is 41.1 Å². The van der Waals surface area contributed by atoms with Crippen LogP contribution in [0.2, 0.25) is 0 Å². The van der Waals surface area contributed by atoms with Crippen LogP contribution in [0, 0.1) is 6.92 Å². The Morgan fingerprint density at radius 2 is 1.84 bits per heavy atom. The molecule has 1 aromatic heterocycles. The first-order chi connectivity index (χ1) is 12.2. The molecule has 5 heteroatoms. The fourth-order valence-electron chi connectivity index (χ4n) is 3.18. The maximum atomic E-state index is 4.77. The summed E-state index contributed by atoms with van der Waals surface area (Å²) in [6.07, 6.45) is 2.26. The molecule has 0 saturated carbocycles. The first kappa shape index (κ1) is 16.1. The molecule has 1 N–H and O–H groups in total. The van der Waals surface area contributed by atoms with Crippen LogP contribution >= 0.6 is 15.9 Å². The number of halogens is 1. The van der Waals surface area contributed by atoms with Crippen LogP contribution in [0.25, 0.3) is 0 Å². The lowest BCUT2D eigenvalue weighted by Gasteiger charge is -2.30. The van der Waals surface area contributed by atoms with Gasteiger partial charge in [-0.2, -0.15) is 4.98 Å². The Balaban J connectivity index is 1.67. The average Bonchev–Trinajstić information content (AvgIpc) is 2.63. The Morgan fingerprint density at radius 1 is 1.04 bits per heavy atom. The summed E-state index contributed by atoms with van der Waals surface area (Å²) in [5, 5.41) is 3.31. The summed E-state index contributed by atoms with van der Waals surface area (Å²) in [4.78, 5) is 11.6. The summed E-state index contributed by atoms with van der Waals surface area (Å²) in [5.74, 6) is 1.57. The molecule has 2 heterocycles. The smallest absolute Gasteiger partial charge is 0.229 e. The van der Waals surface area contributed by atoms with Crippen LogP contribution in [0.3, 0.4) is 0 Å². The number of hydrogen-bond acceptors (Lipinski definition) is 4.